The molecule has 4 rings (SSSR count). The average Bonchev–Trinajstić information content (AvgIpc) is 3.18. The summed E-state index contributed by atoms with van der Waals surface area (Å²) in [6.07, 6.45) is 4.45. The molecule has 0 aromatic carbocycles. The third-order valence-electron chi connectivity index (χ3n) is 5.93. The molecule has 1 atom stereocenters. The highest BCUT2D eigenvalue weighted by Crippen LogP contribution is 2.39. The number of hydrogen-bond donors (Lipinski definition) is 1. The number of morpholine rings is 1. The van der Waals surface area contributed by atoms with Crippen molar-refractivity contribution in [2.45, 2.75) is 51.4 Å². The Bertz CT molecular complexity index is 538. The second-order valence-electron chi connectivity index (χ2n) is 7.48. The highest BCUT2D eigenvalue weighted by atomic mass is 16.7. The van der Waals surface area contributed by atoms with Crippen LogP contribution in [0.1, 0.15) is 48.7 Å². The van der Waals surface area contributed by atoms with Crippen LogP contribution in [0.4, 0.5) is 0 Å². The summed E-state index contributed by atoms with van der Waals surface area (Å²) in [5.41, 5.74) is 3.59. The van der Waals surface area contributed by atoms with Crippen molar-refractivity contribution in [2.24, 2.45) is 5.92 Å². The van der Waals surface area contributed by atoms with Crippen molar-refractivity contribution < 1.29 is 14.2 Å². The number of nitrogens with zero attached hydrogens (tertiary/aromatic N) is 2. The molecule has 24 heavy (non-hydrogen) atoms. The fraction of sp³-hybridized carbons (Fsp3) is 0.833. The summed E-state index contributed by atoms with van der Waals surface area (Å²) in [5.74, 6) is 0.468. The molecule has 1 aromatic heterocycles. The number of aromatic nitrogens is 2. The Balaban J connectivity index is 1.41. The SMILES string of the molecule is Cc1n[nH]c(C)c1C1COCCN1CC1CCC2(CC1)OCCO2. The van der Waals surface area contributed by atoms with Crippen LogP contribution in [-0.4, -0.2) is 60.4 Å². The number of aryl methyl sites for hydroxylation is 2. The zero-order valence-corrected chi connectivity index (χ0v) is 14.8. The Morgan fingerprint density at radius 2 is 1.92 bits per heavy atom. The van der Waals surface area contributed by atoms with Crippen LogP contribution in [0.5, 0.6) is 0 Å². The van der Waals surface area contributed by atoms with Gasteiger partial charge >= 0.3 is 0 Å². The number of H-pyrrole nitrogens is 1. The molecule has 2 saturated heterocycles. The minimum absolute atomic E-state index is 0.251. The summed E-state index contributed by atoms with van der Waals surface area (Å²) in [6.45, 7) is 9.45. The van der Waals surface area contributed by atoms with Gasteiger partial charge < -0.3 is 14.2 Å². The van der Waals surface area contributed by atoms with E-state index in [0.717, 1.165) is 64.0 Å². The molecule has 3 aliphatic rings. The third kappa shape index (κ3) is 3.12. The Morgan fingerprint density at radius 3 is 2.58 bits per heavy atom. The first-order valence-corrected chi connectivity index (χ1v) is 9.28. The third-order valence-corrected chi connectivity index (χ3v) is 5.93. The van der Waals surface area contributed by atoms with Crippen molar-refractivity contribution in [3.05, 3.63) is 17.0 Å². The molecule has 1 spiro atoms. The second kappa shape index (κ2) is 6.75. The zero-order chi connectivity index (χ0) is 16.6. The number of nitrogens with one attached hydrogen (secondary N) is 1. The van der Waals surface area contributed by atoms with Gasteiger partial charge in [0.15, 0.2) is 5.79 Å². The topological polar surface area (TPSA) is 59.6 Å². The highest BCUT2D eigenvalue weighted by molar-refractivity contribution is 5.27. The van der Waals surface area contributed by atoms with Gasteiger partial charge in [-0.15, -0.1) is 0 Å². The van der Waals surface area contributed by atoms with Crippen LogP contribution in [-0.2, 0) is 14.2 Å². The fourth-order valence-electron chi connectivity index (χ4n) is 4.59. The molecule has 6 nitrogen and oxygen atoms in total. The van der Waals surface area contributed by atoms with Gasteiger partial charge in [0.1, 0.15) is 0 Å². The van der Waals surface area contributed by atoms with Crippen LogP contribution >= 0.6 is 0 Å². The molecule has 3 heterocycles. The van der Waals surface area contributed by atoms with E-state index in [0.29, 0.717) is 6.04 Å². The first-order chi connectivity index (χ1) is 11.7. The van der Waals surface area contributed by atoms with Crippen molar-refractivity contribution in [2.75, 3.05) is 39.5 Å². The van der Waals surface area contributed by atoms with Gasteiger partial charge in [0, 0.05) is 37.2 Å². The van der Waals surface area contributed by atoms with Crippen molar-refractivity contribution in [1.29, 1.82) is 0 Å². The molecule has 134 valence electrons. The summed E-state index contributed by atoms with van der Waals surface area (Å²) < 4.78 is 17.5. The lowest BCUT2D eigenvalue weighted by Crippen LogP contribution is -2.44. The molecule has 1 unspecified atom stereocenters. The van der Waals surface area contributed by atoms with Crippen LogP contribution in [0.3, 0.4) is 0 Å². The van der Waals surface area contributed by atoms with Crippen LogP contribution in [0.2, 0.25) is 0 Å². The fourth-order valence-corrected chi connectivity index (χ4v) is 4.59. The van der Waals surface area contributed by atoms with E-state index in [1.54, 1.807) is 0 Å². The number of hydrogen-bond acceptors (Lipinski definition) is 5. The van der Waals surface area contributed by atoms with E-state index < -0.39 is 0 Å². The summed E-state index contributed by atoms with van der Waals surface area (Å²) in [4.78, 5) is 2.60. The van der Waals surface area contributed by atoms with Crippen molar-refractivity contribution in [3.63, 3.8) is 0 Å². The first kappa shape index (κ1) is 16.5. The molecule has 1 N–H and O–H groups in total. The van der Waals surface area contributed by atoms with E-state index in [9.17, 15) is 0 Å². The molecule has 3 fully saturated rings. The van der Waals surface area contributed by atoms with Crippen molar-refractivity contribution in [3.8, 4) is 0 Å². The predicted molar refractivity (Wildman–Crippen MR) is 89.8 cm³/mol. The molecule has 1 aromatic rings. The summed E-state index contributed by atoms with van der Waals surface area (Å²) in [6, 6.07) is 0.326. The highest BCUT2D eigenvalue weighted by Gasteiger charge is 2.41. The van der Waals surface area contributed by atoms with Gasteiger partial charge in [-0.05, 0) is 32.6 Å². The molecule has 0 bridgehead atoms. The predicted octanol–water partition coefficient (Wildman–Crippen LogP) is 2.33. The van der Waals surface area contributed by atoms with E-state index in [1.165, 1.54) is 24.1 Å². The molecule has 0 radical (unpaired) electrons. The lowest BCUT2D eigenvalue weighted by Gasteiger charge is -2.41. The standard InChI is InChI=1S/C18H29N3O3/c1-13-17(14(2)20-19-13)16-12-22-8-7-21(16)11-15-3-5-18(6-4-15)23-9-10-24-18/h15-16H,3-12H2,1-2H3,(H,19,20). The van der Waals surface area contributed by atoms with E-state index >= 15 is 0 Å². The minimum atomic E-state index is -0.251. The molecule has 6 heteroatoms. The Morgan fingerprint density at radius 1 is 1.17 bits per heavy atom. The van der Waals surface area contributed by atoms with Crippen LogP contribution in [0, 0.1) is 19.8 Å². The Kier molecular flexibility index (Phi) is 4.64. The first-order valence-electron chi connectivity index (χ1n) is 9.28. The van der Waals surface area contributed by atoms with Gasteiger partial charge in [0.05, 0.1) is 38.2 Å². The Hall–Kier alpha value is -0.950. The minimum Gasteiger partial charge on any atom is -0.378 e. The second-order valence-corrected chi connectivity index (χ2v) is 7.48. The number of rotatable bonds is 3. The Labute approximate surface area is 143 Å². The molecule has 2 aliphatic heterocycles. The maximum atomic E-state index is 5.86. The van der Waals surface area contributed by atoms with Gasteiger partial charge in [-0.3, -0.25) is 10.00 Å². The quantitative estimate of drug-likeness (QED) is 0.919. The van der Waals surface area contributed by atoms with Gasteiger partial charge in [-0.2, -0.15) is 5.10 Å². The van der Waals surface area contributed by atoms with Crippen LogP contribution in [0.25, 0.3) is 0 Å². The summed E-state index contributed by atoms with van der Waals surface area (Å²) in [5, 5.41) is 7.51. The average molecular weight is 335 g/mol. The van der Waals surface area contributed by atoms with E-state index in [4.69, 9.17) is 14.2 Å². The van der Waals surface area contributed by atoms with Crippen LogP contribution in [0.15, 0.2) is 0 Å². The van der Waals surface area contributed by atoms with Crippen LogP contribution < -0.4 is 0 Å². The van der Waals surface area contributed by atoms with E-state index in [2.05, 4.69) is 28.9 Å². The normalized spacial score (nSPS) is 28.7. The maximum absolute atomic E-state index is 5.86. The van der Waals surface area contributed by atoms with Gasteiger partial charge in [0.25, 0.3) is 0 Å². The summed E-state index contributed by atoms with van der Waals surface area (Å²) >= 11 is 0. The largest absolute Gasteiger partial charge is 0.378 e. The van der Waals surface area contributed by atoms with Crippen molar-refractivity contribution >= 4 is 0 Å². The lowest BCUT2D eigenvalue weighted by atomic mass is 9.84. The molecule has 1 aliphatic carbocycles. The van der Waals surface area contributed by atoms with E-state index in [1.807, 2.05) is 0 Å². The van der Waals surface area contributed by atoms with E-state index in [-0.39, 0.29) is 5.79 Å². The molecule has 0 amide bonds. The number of aromatic amines is 1. The number of ether oxygens (including phenoxy) is 3. The monoisotopic (exact) mass is 335 g/mol. The van der Waals surface area contributed by atoms with Gasteiger partial charge in [0.2, 0.25) is 0 Å². The lowest BCUT2D eigenvalue weighted by molar-refractivity contribution is -0.184. The molecular formula is C18H29N3O3. The van der Waals surface area contributed by atoms with Crippen molar-refractivity contribution in [1.82, 2.24) is 15.1 Å². The zero-order valence-electron chi connectivity index (χ0n) is 14.8. The van der Waals surface area contributed by atoms with Gasteiger partial charge in [-0.25, -0.2) is 0 Å². The smallest absolute Gasteiger partial charge is 0.168 e. The van der Waals surface area contributed by atoms with Gasteiger partial charge in [-0.1, -0.05) is 0 Å². The molecule has 1 saturated carbocycles. The maximum Gasteiger partial charge on any atom is 0.168 e. The summed E-state index contributed by atoms with van der Waals surface area (Å²) in [7, 11) is 0. The molecular weight excluding hydrogens is 306 g/mol.